The number of hydrogen-bond donors (Lipinski definition) is 3. The Balaban J connectivity index is 1.53. The Bertz CT molecular complexity index is 1310. The molecule has 1 heterocycles. The lowest BCUT2D eigenvalue weighted by Crippen LogP contribution is -2.73. The van der Waals surface area contributed by atoms with Gasteiger partial charge in [-0.2, -0.15) is 0 Å². The van der Waals surface area contributed by atoms with Gasteiger partial charge >= 0.3 is 5.97 Å². The van der Waals surface area contributed by atoms with E-state index in [-0.39, 0.29) is 5.91 Å². The molecule has 0 unspecified atom stereocenters. The van der Waals surface area contributed by atoms with Gasteiger partial charge in [-0.1, -0.05) is 35.9 Å². The van der Waals surface area contributed by atoms with Crippen molar-refractivity contribution in [3.8, 4) is 11.1 Å². The summed E-state index contributed by atoms with van der Waals surface area (Å²) in [6.45, 7) is 8.59. The van der Waals surface area contributed by atoms with Crippen molar-refractivity contribution in [3.63, 3.8) is 0 Å². The number of amides is 1. The highest BCUT2D eigenvalue weighted by Gasteiger charge is 2.47. The maximum Gasteiger partial charge on any atom is 0.334 e. The van der Waals surface area contributed by atoms with E-state index in [1.807, 2.05) is 64.1 Å². The van der Waals surface area contributed by atoms with Crippen LogP contribution in [0.4, 0.5) is 5.69 Å². The second-order valence-electron chi connectivity index (χ2n) is 9.27. The van der Waals surface area contributed by atoms with E-state index in [0.29, 0.717) is 18.7 Å². The van der Waals surface area contributed by atoms with Crippen LogP contribution in [0, 0.1) is 27.7 Å². The summed E-state index contributed by atoms with van der Waals surface area (Å²) in [7, 11) is 1.33. The Morgan fingerprint density at radius 2 is 1.64 bits per heavy atom. The Kier molecular flexibility index (Phi) is 7.64. The summed E-state index contributed by atoms with van der Waals surface area (Å²) in [6, 6.07) is 16.2. The molecule has 0 aliphatic carbocycles. The van der Waals surface area contributed by atoms with Crippen LogP contribution < -0.4 is 15.4 Å². The number of halogens is 1. The molecule has 1 aliphatic heterocycles. The molecule has 0 spiro atoms. The van der Waals surface area contributed by atoms with Crippen molar-refractivity contribution >= 4 is 41.1 Å². The highest BCUT2D eigenvalue weighted by atomic mass is 35.5. The fourth-order valence-corrected chi connectivity index (χ4v) is 5.39. The zero-order chi connectivity index (χ0) is 26.0. The number of aryl methyl sites for hydroxylation is 4. The Hall–Kier alpha value is -3.00. The van der Waals surface area contributed by atoms with Crippen LogP contribution in [0.5, 0.6) is 0 Å². The first-order chi connectivity index (χ1) is 17.1. The van der Waals surface area contributed by atoms with E-state index < -0.39 is 11.5 Å². The van der Waals surface area contributed by atoms with Crippen LogP contribution in [-0.4, -0.2) is 37.6 Å². The van der Waals surface area contributed by atoms with Gasteiger partial charge in [0.2, 0.25) is 0 Å². The number of benzene rings is 3. The molecule has 6 nitrogen and oxygen atoms in total. The largest absolute Gasteiger partial charge is 0.467 e. The van der Waals surface area contributed by atoms with Gasteiger partial charge in [-0.3, -0.25) is 4.79 Å². The molecule has 4 rings (SSSR count). The third-order valence-corrected chi connectivity index (χ3v) is 7.88. The van der Waals surface area contributed by atoms with Crippen molar-refractivity contribution < 1.29 is 14.3 Å². The van der Waals surface area contributed by atoms with Crippen LogP contribution in [0.1, 0.15) is 32.6 Å². The summed E-state index contributed by atoms with van der Waals surface area (Å²) in [5.74, 6) is -0.712. The number of rotatable bonds is 7. The fourth-order valence-electron chi connectivity index (χ4n) is 4.36. The number of nitrogens with one attached hydrogen (secondary N) is 3. The van der Waals surface area contributed by atoms with Crippen molar-refractivity contribution in [2.24, 2.45) is 0 Å². The lowest BCUT2D eigenvalue weighted by molar-refractivity contribution is -0.150. The van der Waals surface area contributed by atoms with Crippen LogP contribution in [0.3, 0.4) is 0 Å². The molecule has 0 radical (unpaired) electrons. The van der Waals surface area contributed by atoms with Crippen LogP contribution in [0.25, 0.3) is 11.1 Å². The van der Waals surface area contributed by atoms with Gasteiger partial charge in [0.1, 0.15) is 0 Å². The van der Waals surface area contributed by atoms with E-state index in [2.05, 4.69) is 27.5 Å². The van der Waals surface area contributed by atoms with Crippen molar-refractivity contribution in [2.45, 2.75) is 38.1 Å². The summed E-state index contributed by atoms with van der Waals surface area (Å²) in [6.07, 6.45) is 0. The number of hydrogen-bond acceptors (Lipinski definition) is 6. The van der Waals surface area contributed by atoms with Crippen LogP contribution in [-0.2, 0) is 9.53 Å². The molecular weight excluding hydrogens is 494 g/mol. The van der Waals surface area contributed by atoms with Crippen molar-refractivity contribution in [2.75, 3.05) is 24.9 Å². The van der Waals surface area contributed by atoms with E-state index >= 15 is 0 Å². The third-order valence-electron chi connectivity index (χ3n) is 6.47. The normalized spacial score (nSPS) is 14.1. The van der Waals surface area contributed by atoms with Gasteiger partial charge in [0.25, 0.3) is 5.91 Å². The molecule has 1 saturated heterocycles. The summed E-state index contributed by atoms with van der Waals surface area (Å²) >= 11 is 7.78. The van der Waals surface area contributed by atoms with Crippen LogP contribution >= 0.6 is 23.5 Å². The number of methoxy groups -OCH3 is 1. The number of esters is 1. The minimum Gasteiger partial charge on any atom is -0.467 e. The van der Waals surface area contributed by atoms with Crippen LogP contribution in [0.2, 0.25) is 5.02 Å². The molecular formula is C28H30ClN3O3S. The van der Waals surface area contributed by atoms with E-state index in [0.717, 1.165) is 49.0 Å². The number of carbonyl (C=O) groups is 2. The van der Waals surface area contributed by atoms with E-state index in [1.165, 1.54) is 7.11 Å². The first kappa shape index (κ1) is 26.1. The zero-order valence-electron chi connectivity index (χ0n) is 21.0. The fraction of sp³-hybridized carbons (Fsp3) is 0.286. The molecule has 188 valence electrons. The Morgan fingerprint density at radius 1 is 0.944 bits per heavy atom. The average molecular weight is 524 g/mol. The predicted octanol–water partition coefficient (Wildman–Crippen LogP) is 5.60. The third kappa shape index (κ3) is 5.24. The van der Waals surface area contributed by atoms with Crippen molar-refractivity contribution in [1.82, 2.24) is 10.6 Å². The summed E-state index contributed by atoms with van der Waals surface area (Å²) in [5.41, 5.74) is 6.43. The summed E-state index contributed by atoms with van der Waals surface area (Å²) in [5, 5.41) is 6.70. The van der Waals surface area contributed by atoms with Gasteiger partial charge in [-0.15, -0.1) is 0 Å². The second-order valence-corrected chi connectivity index (χ2v) is 10.5. The van der Waals surface area contributed by atoms with Gasteiger partial charge in [0, 0.05) is 34.3 Å². The molecule has 1 fully saturated rings. The number of ether oxygens (including phenoxy) is 1. The molecule has 3 aromatic carbocycles. The van der Waals surface area contributed by atoms with Crippen molar-refractivity contribution in [1.29, 1.82) is 0 Å². The molecule has 1 aliphatic rings. The van der Waals surface area contributed by atoms with Gasteiger partial charge in [-0.05, 0) is 97.3 Å². The predicted molar refractivity (Wildman–Crippen MR) is 147 cm³/mol. The monoisotopic (exact) mass is 523 g/mol. The lowest BCUT2D eigenvalue weighted by Gasteiger charge is -2.40. The Morgan fingerprint density at radius 3 is 2.25 bits per heavy atom. The highest BCUT2D eigenvalue weighted by molar-refractivity contribution is 8.00. The quantitative estimate of drug-likeness (QED) is 0.276. The van der Waals surface area contributed by atoms with Crippen molar-refractivity contribution in [3.05, 3.63) is 81.4 Å². The smallest absolute Gasteiger partial charge is 0.334 e. The Labute approximate surface area is 221 Å². The molecule has 0 aromatic heterocycles. The first-order valence-corrected chi connectivity index (χ1v) is 12.9. The number of carbonyl (C=O) groups excluding carboxylic acids is 2. The minimum atomic E-state index is -1.01. The number of anilines is 1. The molecule has 0 saturated carbocycles. The van der Waals surface area contributed by atoms with Gasteiger partial charge in [-0.25, -0.2) is 4.79 Å². The maximum absolute atomic E-state index is 13.1. The SMILES string of the molecule is COC(=O)C1(NC(=O)c2c(C)cc(-c3cccc(NSc4cc(C)c(Cl)cc4C)c3)cc2C)CNC1. The maximum atomic E-state index is 13.1. The second kappa shape index (κ2) is 10.5. The van der Waals surface area contributed by atoms with Gasteiger partial charge < -0.3 is 20.1 Å². The highest BCUT2D eigenvalue weighted by Crippen LogP contribution is 2.32. The first-order valence-electron chi connectivity index (χ1n) is 11.7. The average Bonchev–Trinajstić information content (AvgIpc) is 2.82. The molecule has 3 aromatic rings. The van der Waals surface area contributed by atoms with E-state index in [1.54, 1.807) is 11.9 Å². The molecule has 8 heteroatoms. The summed E-state index contributed by atoms with van der Waals surface area (Å²) in [4.78, 5) is 26.5. The topological polar surface area (TPSA) is 79.5 Å². The van der Waals surface area contributed by atoms with Crippen LogP contribution in [0.15, 0.2) is 53.4 Å². The molecule has 36 heavy (non-hydrogen) atoms. The molecule has 0 bridgehead atoms. The van der Waals surface area contributed by atoms with E-state index in [9.17, 15) is 9.59 Å². The summed E-state index contributed by atoms with van der Waals surface area (Å²) < 4.78 is 8.33. The molecule has 1 amide bonds. The van der Waals surface area contributed by atoms with E-state index in [4.69, 9.17) is 16.3 Å². The lowest BCUT2D eigenvalue weighted by atomic mass is 9.90. The minimum absolute atomic E-state index is 0.274. The zero-order valence-corrected chi connectivity index (χ0v) is 22.6. The standard InChI is InChI=1S/C28H30ClN3O3S/c1-16-12-24(17(2)11-23(16)29)36-32-22-8-6-7-20(13-22)21-9-18(3)25(19(4)10-21)26(33)31-28(14-30-15-28)27(34)35-5/h6-13,30,32H,14-15H2,1-5H3,(H,31,33). The molecule has 0 atom stereocenters. The van der Waals surface area contributed by atoms with Gasteiger partial charge in [0.05, 0.1) is 7.11 Å². The van der Waals surface area contributed by atoms with Gasteiger partial charge in [0.15, 0.2) is 5.54 Å². The molecule has 3 N–H and O–H groups in total.